The summed E-state index contributed by atoms with van der Waals surface area (Å²) in [7, 11) is 3.77. The van der Waals surface area contributed by atoms with Crippen LogP contribution >= 0.6 is 0 Å². The molecular weight excluding hydrogens is 326 g/mol. The SMILES string of the molecule is COc1cccc(/C=C/C(=O)Nc2ccc(N3CCN(C)CC3)cc2)c1. The highest BCUT2D eigenvalue weighted by Crippen LogP contribution is 2.19. The van der Waals surface area contributed by atoms with Crippen LogP contribution in [0.25, 0.3) is 6.08 Å². The van der Waals surface area contributed by atoms with E-state index >= 15 is 0 Å². The van der Waals surface area contributed by atoms with Crippen molar-refractivity contribution in [3.8, 4) is 5.75 Å². The van der Waals surface area contributed by atoms with Gasteiger partial charge in [0.2, 0.25) is 5.91 Å². The van der Waals surface area contributed by atoms with Gasteiger partial charge in [-0.1, -0.05) is 12.1 Å². The van der Waals surface area contributed by atoms with E-state index in [1.54, 1.807) is 13.2 Å². The van der Waals surface area contributed by atoms with Crippen LogP contribution in [0.1, 0.15) is 5.56 Å². The number of carbonyl (C=O) groups is 1. The second-order valence-electron chi connectivity index (χ2n) is 6.44. The van der Waals surface area contributed by atoms with Crippen LogP contribution in [0.3, 0.4) is 0 Å². The van der Waals surface area contributed by atoms with Gasteiger partial charge in [0.15, 0.2) is 0 Å². The Hall–Kier alpha value is -2.79. The molecule has 136 valence electrons. The van der Waals surface area contributed by atoms with Crippen LogP contribution in [-0.2, 0) is 4.79 Å². The minimum Gasteiger partial charge on any atom is -0.497 e. The molecule has 0 spiro atoms. The molecule has 0 saturated carbocycles. The minimum absolute atomic E-state index is 0.153. The third-order valence-corrected chi connectivity index (χ3v) is 4.52. The lowest BCUT2D eigenvalue weighted by Crippen LogP contribution is -2.44. The Morgan fingerprint density at radius 2 is 1.81 bits per heavy atom. The number of nitrogens with one attached hydrogen (secondary N) is 1. The second kappa shape index (κ2) is 8.54. The second-order valence-corrected chi connectivity index (χ2v) is 6.44. The van der Waals surface area contributed by atoms with Crippen LogP contribution in [0.2, 0.25) is 0 Å². The average molecular weight is 351 g/mol. The average Bonchev–Trinajstić information content (AvgIpc) is 2.68. The zero-order chi connectivity index (χ0) is 18.4. The highest BCUT2D eigenvalue weighted by Gasteiger charge is 2.13. The van der Waals surface area contributed by atoms with Crippen LogP contribution < -0.4 is 15.0 Å². The zero-order valence-electron chi connectivity index (χ0n) is 15.3. The molecule has 5 heteroatoms. The van der Waals surface area contributed by atoms with Gasteiger partial charge in [-0.05, 0) is 55.1 Å². The van der Waals surface area contributed by atoms with E-state index in [2.05, 4.69) is 34.3 Å². The van der Waals surface area contributed by atoms with Crippen LogP contribution in [-0.4, -0.2) is 51.1 Å². The first-order chi connectivity index (χ1) is 12.6. The van der Waals surface area contributed by atoms with E-state index in [-0.39, 0.29) is 5.91 Å². The number of hydrogen-bond donors (Lipinski definition) is 1. The number of anilines is 2. The van der Waals surface area contributed by atoms with Crippen LogP contribution in [0, 0.1) is 0 Å². The smallest absolute Gasteiger partial charge is 0.248 e. The maximum atomic E-state index is 12.1. The number of rotatable bonds is 5. The van der Waals surface area contributed by atoms with E-state index in [4.69, 9.17) is 4.74 Å². The molecule has 5 nitrogen and oxygen atoms in total. The van der Waals surface area contributed by atoms with E-state index < -0.39 is 0 Å². The Morgan fingerprint density at radius 1 is 1.08 bits per heavy atom. The molecule has 1 fully saturated rings. The van der Waals surface area contributed by atoms with Crippen molar-refractivity contribution in [2.75, 3.05) is 50.6 Å². The van der Waals surface area contributed by atoms with Gasteiger partial charge in [-0.3, -0.25) is 4.79 Å². The van der Waals surface area contributed by atoms with Crippen molar-refractivity contribution in [3.05, 3.63) is 60.2 Å². The number of benzene rings is 2. The Kier molecular flexibility index (Phi) is 5.92. The summed E-state index contributed by atoms with van der Waals surface area (Å²) in [4.78, 5) is 16.8. The summed E-state index contributed by atoms with van der Waals surface area (Å²) in [5.74, 6) is 0.618. The summed E-state index contributed by atoms with van der Waals surface area (Å²) >= 11 is 0. The molecule has 2 aromatic rings. The standard InChI is InChI=1S/C21H25N3O2/c1-23-12-14-24(15-13-23)19-9-7-18(8-10-19)22-21(25)11-6-17-4-3-5-20(16-17)26-2/h3-11,16H,12-15H2,1-2H3,(H,22,25)/b11-6+. The lowest BCUT2D eigenvalue weighted by molar-refractivity contribution is -0.111. The molecule has 0 bridgehead atoms. The molecule has 0 aromatic heterocycles. The predicted octanol–water partition coefficient (Wildman–Crippen LogP) is 3.10. The number of carbonyl (C=O) groups excluding carboxylic acids is 1. The number of ether oxygens (including phenoxy) is 1. The molecule has 0 aliphatic carbocycles. The van der Waals surface area contributed by atoms with Gasteiger partial charge < -0.3 is 19.9 Å². The summed E-state index contributed by atoms with van der Waals surface area (Å²) in [5.41, 5.74) is 2.91. The van der Waals surface area contributed by atoms with Crippen LogP contribution in [0.15, 0.2) is 54.6 Å². The predicted molar refractivity (Wildman–Crippen MR) is 107 cm³/mol. The van der Waals surface area contributed by atoms with Gasteiger partial charge in [-0.25, -0.2) is 0 Å². The third-order valence-electron chi connectivity index (χ3n) is 4.52. The van der Waals surface area contributed by atoms with Crippen molar-refractivity contribution in [2.45, 2.75) is 0 Å². The number of likely N-dealkylation sites (N-methyl/N-ethyl adjacent to an activating group) is 1. The summed E-state index contributed by atoms with van der Waals surface area (Å²) in [5, 5.41) is 2.89. The van der Waals surface area contributed by atoms with Crippen molar-refractivity contribution in [1.29, 1.82) is 0 Å². The van der Waals surface area contributed by atoms with Crippen molar-refractivity contribution >= 4 is 23.4 Å². The van der Waals surface area contributed by atoms with Gasteiger partial charge in [-0.15, -0.1) is 0 Å². The summed E-state index contributed by atoms with van der Waals surface area (Å²) in [6.45, 7) is 4.22. The number of piperazine rings is 1. The molecule has 1 aliphatic rings. The highest BCUT2D eigenvalue weighted by atomic mass is 16.5. The number of methoxy groups -OCH3 is 1. The fourth-order valence-corrected chi connectivity index (χ4v) is 2.92. The molecule has 1 N–H and O–H groups in total. The summed E-state index contributed by atoms with van der Waals surface area (Å²) in [6.07, 6.45) is 3.31. The molecule has 3 rings (SSSR count). The lowest BCUT2D eigenvalue weighted by atomic mass is 10.2. The minimum atomic E-state index is -0.153. The van der Waals surface area contributed by atoms with Crippen molar-refractivity contribution < 1.29 is 9.53 Å². The third kappa shape index (κ3) is 4.86. The summed E-state index contributed by atoms with van der Waals surface area (Å²) in [6, 6.07) is 15.6. The quantitative estimate of drug-likeness (QED) is 0.841. The van der Waals surface area contributed by atoms with E-state index in [0.29, 0.717) is 0 Å². The number of hydrogen-bond acceptors (Lipinski definition) is 4. The van der Waals surface area contributed by atoms with E-state index in [1.165, 1.54) is 11.8 Å². The Morgan fingerprint density at radius 3 is 2.50 bits per heavy atom. The topological polar surface area (TPSA) is 44.8 Å². The fourth-order valence-electron chi connectivity index (χ4n) is 2.92. The monoisotopic (exact) mass is 351 g/mol. The van der Waals surface area contributed by atoms with Gasteiger partial charge >= 0.3 is 0 Å². The fraction of sp³-hybridized carbons (Fsp3) is 0.286. The first-order valence-electron chi connectivity index (χ1n) is 8.81. The first kappa shape index (κ1) is 18.0. The molecule has 1 saturated heterocycles. The molecular formula is C21H25N3O2. The van der Waals surface area contributed by atoms with Crippen molar-refractivity contribution in [3.63, 3.8) is 0 Å². The van der Waals surface area contributed by atoms with Crippen molar-refractivity contribution in [1.82, 2.24) is 4.90 Å². The largest absolute Gasteiger partial charge is 0.497 e. The molecule has 1 amide bonds. The van der Waals surface area contributed by atoms with Crippen molar-refractivity contribution in [2.24, 2.45) is 0 Å². The van der Waals surface area contributed by atoms with Gasteiger partial charge in [-0.2, -0.15) is 0 Å². The zero-order valence-corrected chi connectivity index (χ0v) is 15.3. The Bertz CT molecular complexity index is 763. The van der Waals surface area contributed by atoms with Gasteiger partial charge in [0.1, 0.15) is 5.75 Å². The molecule has 1 heterocycles. The number of nitrogens with zero attached hydrogens (tertiary/aromatic N) is 2. The van der Waals surface area contributed by atoms with E-state index in [0.717, 1.165) is 43.2 Å². The molecule has 1 aliphatic heterocycles. The highest BCUT2D eigenvalue weighted by molar-refractivity contribution is 6.02. The first-order valence-corrected chi connectivity index (χ1v) is 8.81. The van der Waals surface area contributed by atoms with Gasteiger partial charge in [0.25, 0.3) is 0 Å². The Labute approximate surface area is 154 Å². The van der Waals surface area contributed by atoms with Gasteiger partial charge in [0.05, 0.1) is 7.11 Å². The molecule has 0 unspecified atom stereocenters. The normalized spacial score (nSPS) is 15.2. The van der Waals surface area contributed by atoms with Crippen LogP contribution in [0.5, 0.6) is 5.75 Å². The Balaban J connectivity index is 1.56. The number of amides is 1. The maximum Gasteiger partial charge on any atom is 0.248 e. The summed E-state index contributed by atoms with van der Waals surface area (Å²) < 4.78 is 5.18. The van der Waals surface area contributed by atoms with Gasteiger partial charge in [0, 0.05) is 43.6 Å². The maximum absolute atomic E-state index is 12.1. The lowest BCUT2D eigenvalue weighted by Gasteiger charge is -2.34. The molecule has 26 heavy (non-hydrogen) atoms. The molecule has 2 aromatic carbocycles. The molecule has 0 atom stereocenters. The van der Waals surface area contributed by atoms with E-state index in [1.807, 2.05) is 36.4 Å². The molecule has 0 radical (unpaired) electrons. The van der Waals surface area contributed by atoms with E-state index in [9.17, 15) is 4.79 Å². The van der Waals surface area contributed by atoms with Crippen LogP contribution in [0.4, 0.5) is 11.4 Å².